The second-order valence-corrected chi connectivity index (χ2v) is 7.35. The first-order valence-electron chi connectivity index (χ1n) is 6.70. The SMILES string of the molecule is Cc1cc(C)c(S(=O)(=O)[O-])c(C)c1.Cc1ccc(N)[n+](N)c1Br. The first-order chi connectivity index (χ1) is 10.4. The highest BCUT2D eigenvalue weighted by molar-refractivity contribution is 9.10. The normalized spacial score (nSPS) is 10.9. The maximum absolute atomic E-state index is 10.8. The summed E-state index contributed by atoms with van der Waals surface area (Å²) in [5.41, 5.74) is 8.57. The van der Waals surface area contributed by atoms with Crippen LogP contribution in [-0.4, -0.2) is 13.0 Å². The molecule has 0 unspecified atom stereocenters. The third-order valence-corrected chi connectivity index (χ3v) is 5.33. The topological polar surface area (TPSA) is 113 Å². The Bertz CT molecular complexity index is 786. The Kier molecular flexibility index (Phi) is 6.15. The molecule has 0 radical (unpaired) electrons. The molecule has 0 aliphatic carbocycles. The number of aryl methyl sites for hydroxylation is 4. The third kappa shape index (κ3) is 4.92. The van der Waals surface area contributed by atoms with Gasteiger partial charge in [-0.3, -0.25) is 11.6 Å². The number of benzene rings is 1. The molecule has 1 aromatic carbocycles. The summed E-state index contributed by atoms with van der Waals surface area (Å²) in [4.78, 5) is -0.0851. The summed E-state index contributed by atoms with van der Waals surface area (Å²) in [6.45, 7) is 7.07. The highest BCUT2D eigenvalue weighted by Gasteiger charge is 2.09. The summed E-state index contributed by atoms with van der Waals surface area (Å²) in [6.07, 6.45) is 0. The van der Waals surface area contributed by atoms with Gasteiger partial charge in [0.15, 0.2) is 4.60 Å². The number of anilines is 1. The minimum atomic E-state index is -4.33. The van der Waals surface area contributed by atoms with E-state index in [4.69, 9.17) is 11.6 Å². The van der Waals surface area contributed by atoms with E-state index in [1.165, 1.54) is 4.68 Å². The second-order valence-electron chi connectivity index (χ2n) is 5.28. The van der Waals surface area contributed by atoms with Gasteiger partial charge in [-0.1, -0.05) is 17.7 Å². The van der Waals surface area contributed by atoms with Crippen molar-refractivity contribution in [2.45, 2.75) is 32.6 Å². The van der Waals surface area contributed by atoms with Crippen LogP contribution in [-0.2, 0) is 10.1 Å². The van der Waals surface area contributed by atoms with Gasteiger partial charge in [0.25, 0.3) is 5.82 Å². The number of aromatic nitrogens is 1. The summed E-state index contributed by atoms with van der Waals surface area (Å²) in [6, 6.07) is 7.05. The number of hydrogen-bond acceptors (Lipinski definition) is 5. The fourth-order valence-corrected chi connectivity index (χ4v) is 3.47. The van der Waals surface area contributed by atoms with Crippen molar-refractivity contribution >= 4 is 31.9 Å². The minimum absolute atomic E-state index is 0.0851. The largest absolute Gasteiger partial charge is 0.744 e. The molecule has 23 heavy (non-hydrogen) atoms. The molecule has 0 aliphatic rings. The molecule has 6 nitrogen and oxygen atoms in total. The lowest BCUT2D eigenvalue weighted by molar-refractivity contribution is -0.635. The van der Waals surface area contributed by atoms with E-state index in [1.54, 1.807) is 32.0 Å². The predicted molar refractivity (Wildman–Crippen MR) is 92.3 cm³/mol. The van der Waals surface area contributed by atoms with Crippen LogP contribution >= 0.6 is 15.9 Å². The molecule has 0 atom stereocenters. The lowest BCUT2D eigenvalue weighted by Gasteiger charge is -2.14. The van der Waals surface area contributed by atoms with Gasteiger partial charge >= 0.3 is 0 Å². The molecule has 0 aliphatic heterocycles. The van der Waals surface area contributed by atoms with Crippen LogP contribution in [0.4, 0.5) is 5.82 Å². The highest BCUT2D eigenvalue weighted by Crippen LogP contribution is 2.20. The molecule has 2 aromatic rings. The molecule has 1 heterocycles. The van der Waals surface area contributed by atoms with Crippen LogP contribution in [0.15, 0.2) is 33.8 Å². The molecule has 126 valence electrons. The molecule has 2 rings (SSSR count). The van der Waals surface area contributed by atoms with E-state index in [1.807, 2.05) is 19.9 Å². The number of nitrogen functional groups attached to an aromatic ring is 2. The predicted octanol–water partition coefficient (Wildman–Crippen LogP) is 1.86. The van der Waals surface area contributed by atoms with Crippen LogP contribution in [0.25, 0.3) is 0 Å². The van der Waals surface area contributed by atoms with E-state index in [0.717, 1.165) is 15.7 Å². The molecule has 0 bridgehead atoms. The maximum atomic E-state index is 10.8. The van der Waals surface area contributed by atoms with Crippen LogP contribution in [0.5, 0.6) is 0 Å². The third-order valence-electron chi connectivity index (χ3n) is 3.17. The van der Waals surface area contributed by atoms with Gasteiger partial charge in [0, 0.05) is 27.6 Å². The molecule has 0 spiro atoms. The van der Waals surface area contributed by atoms with Crippen molar-refractivity contribution in [2.75, 3.05) is 11.6 Å². The van der Waals surface area contributed by atoms with Crippen molar-refractivity contribution in [1.29, 1.82) is 0 Å². The summed E-state index contributed by atoms with van der Waals surface area (Å²) in [5.74, 6) is 6.07. The summed E-state index contributed by atoms with van der Waals surface area (Å²) >= 11 is 3.29. The van der Waals surface area contributed by atoms with Gasteiger partial charge in [-0.15, -0.1) is 4.68 Å². The highest BCUT2D eigenvalue weighted by atomic mass is 79.9. The van der Waals surface area contributed by atoms with E-state index in [2.05, 4.69) is 15.9 Å². The summed E-state index contributed by atoms with van der Waals surface area (Å²) in [7, 11) is -4.33. The average molecular weight is 402 g/mol. The van der Waals surface area contributed by atoms with Crippen molar-refractivity contribution in [3.63, 3.8) is 0 Å². The van der Waals surface area contributed by atoms with Crippen molar-refractivity contribution in [3.8, 4) is 0 Å². The molecule has 0 saturated carbocycles. The molecular formula is C15H20BrN3O3S. The maximum Gasteiger partial charge on any atom is 0.296 e. The fourth-order valence-electron chi connectivity index (χ4n) is 2.22. The van der Waals surface area contributed by atoms with Crippen LogP contribution in [0.1, 0.15) is 22.3 Å². The Morgan fingerprint density at radius 2 is 1.52 bits per heavy atom. The van der Waals surface area contributed by atoms with Crippen LogP contribution in [0, 0.1) is 27.7 Å². The van der Waals surface area contributed by atoms with E-state index in [0.29, 0.717) is 16.9 Å². The van der Waals surface area contributed by atoms with Crippen molar-refractivity contribution in [3.05, 3.63) is 51.1 Å². The summed E-state index contributed by atoms with van der Waals surface area (Å²) in [5, 5.41) is 0. The van der Waals surface area contributed by atoms with Crippen LogP contribution in [0.3, 0.4) is 0 Å². The Hall–Kier alpha value is -1.64. The zero-order chi connectivity index (χ0) is 17.9. The van der Waals surface area contributed by atoms with Crippen molar-refractivity contribution in [2.24, 2.45) is 0 Å². The van der Waals surface area contributed by atoms with E-state index < -0.39 is 10.1 Å². The number of pyridine rings is 1. The second kappa shape index (κ2) is 7.29. The number of hydrogen-bond donors (Lipinski definition) is 2. The van der Waals surface area contributed by atoms with Gasteiger partial charge < -0.3 is 4.55 Å². The van der Waals surface area contributed by atoms with Gasteiger partial charge in [0.05, 0.1) is 4.90 Å². The van der Waals surface area contributed by atoms with Gasteiger partial charge in [-0.2, -0.15) is 0 Å². The molecule has 0 saturated heterocycles. The molecule has 4 N–H and O–H groups in total. The first kappa shape index (κ1) is 19.4. The lowest BCUT2D eigenvalue weighted by Crippen LogP contribution is -2.48. The minimum Gasteiger partial charge on any atom is -0.744 e. The van der Waals surface area contributed by atoms with Gasteiger partial charge in [0.2, 0.25) is 0 Å². The number of nitrogens with two attached hydrogens (primary N) is 2. The molecule has 1 aromatic heterocycles. The molecule has 0 fully saturated rings. The van der Waals surface area contributed by atoms with Crippen LogP contribution in [0.2, 0.25) is 0 Å². The fraction of sp³-hybridized carbons (Fsp3) is 0.267. The lowest BCUT2D eigenvalue weighted by atomic mass is 10.1. The summed E-state index contributed by atoms with van der Waals surface area (Å²) < 4.78 is 34.7. The molecule has 8 heteroatoms. The quantitative estimate of drug-likeness (QED) is 0.327. The Labute approximate surface area is 145 Å². The first-order valence-corrected chi connectivity index (χ1v) is 8.90. The van der Waals surface area contributed by atoms with Crippen molar-refractivity contribution < 1.29 is 17.6 Å². The smallest absolute Gasteiger partial charge is 0.296 e. The standard InChI is InChI=1S/C9H12O3S.C6H8BrN3/c1-6-4-7(2)9(8(3)5-6)13(10,11)12;1-4-2-3-5(8)10(9)6(4)7/h4-5H,1-3H3,(H,10,11,12);2-3,8H,9H2,1H3. The average Bonchev–Trinajstić information content (AvgIpc) is 2.39. The number of halogens is 1. The number of rotatable bonds is 1. The number of nitrogens with zero attached hydrogens (tertiary/aromatic N) is 1. The van der Waals surface area contributed by atoms with Gasteiger partial charge in [0.1, 0.15) is 10.1 Å². The van der Waals surface area contributed by atoms with Gasteiger partial charge in [-0.25, -0.2) is 8.42 Å². The Morgan fingerprint density at radius 1 is 1.04 bits per heavy atom. The monoisotopic (exact) mass is 401 g/mol. The zero-order valence-corrected chi connectivity index (χ0v) is 15.8. The van der Waals surface area contributed by atoms with E-state index in [9.17, 15) is 13.0 Å². The molecule has 0 amide bonds. The van der Waals surface area contributed by atoms with Crippen molar-refractivity contribution in [1.82, 2.24) is 0 Å². The van der Waals surface area contributed by atoms with E-state index in [-0.39, 0.29) is 4.90 Å². The Balaban J connectivity index is 0.000000238. The van der Waals surface area contributed by atoms with E-state index >= 15 is 0 Å². The molecular weight excluding hydrogens is 382 g/mol. The van der Waals surface area contributed by atoms with Gasteiger partial charge in [-0.05, 0) is 44.9 Å². The zero-order valence-electron chi connectivity index (χ0n) is 13.4. The Morgan fingerprint density at radius 3 is 1.91 bits per heavy atom. The van der Waals surface area contributed by atoms with Crippen LogP contribution < -0.4 is 16.3 Å².